The molecule has 1 saturated carbocycles. The number of carboxylic acid groups (broad SMARTS) is 1. The largest absolute Gasteiger partial charge is 0.480 e. The molecular weight excluding hydrogens is 266 g/mol. The summed E-state index contributed by atoms with van der Waals surface area (Å²) >= 11 is 1.16. The number of thiazole rings is 1. The molecule has 1 fully saturated rings. The number of nitrogen functional groups attached to an aromatic ring is 1. The fourth-order valence-electron chi connectivity index (χ4n) is 2.40. The fraction of sp³-hybridized carbons (Fsp3) is 0.583. The molecule has 104 valence electrons. The highest BCUT2D eigenvalue weighted by molar-refractivity contribution is 7.13. The Labute approximate surface area is 115 Å². The number of hydrogen-bond acceptors (Lipinski definition) is 5. The summed E-state index contributed by atoms with van der Waals surface area (Å²) in [5.41, 5.74) is 4.51. The van der Waals surface area contributed by atoms with Crippen LogP contribution in [0.1, 0.15) is 49.0 Å². The molecule has 6 nitrogen and oxygen atoms in total. The van der Waals surface area contributed by atoms with Gasteiger partial charge in [0.15, 0.2) is 5.13 Å². The average Bonchev–Trinajstić information content (AvgIpc) is 2.65. The van der Waals surface area contributed by atoms with Gasteiger partial charge >= 0.3 is 5.97 Å². The first-order chi connectivity index (χ1) is 9.03. The quantitative estimate of drug-likeness (QED) is 0.731. The number of anilines is 1. The predicted octanol–water partition coefficient (Wildman–Crippen LogP) is 1.63. The third kappa shape index (κ3) is 3.04. The van der Waals surface area contributed by atoms with Gasteiger partial charge in [-0.05, 0) is 12.8 Å². The molecular formula is C12H17N3O3S. The van der Waals surface area contributed by atoms with E-state index in [2.05, 4.69) is 10.3 Å². The third-order valence-corrected chi connectivity index (χ3v) is 4.15. The molecule has 2 rings (SSSR count). The summed E-state index contributed by atoms with van der Waals surface area (Å²) in [5.74, 6) is -1.43. The molecule has 0 unspecified atom stereocenters. The van der Waals surface area contributed by atoms with Crippen molar-refractivity contribution in [1.29, 1.82) is 0 Å². The van der Waals surface area contributed by atoms with Gasteiger partial charge in [0.25, 0.3) is 5.91 Å². The SMILES string of the molecule is Nc1nc(C(=O)NC2(C(=O)O)CCCCCC2)cs1. The Bertz CT molecular complexity index is 478. The van der Waals surface area contributed by atoms with Crippen molar-refractivity contribution in [2.45, 2.75) is 44.1 Å². The molecule has 1 aliphatic rings. The molecule has 0 bridgehead atoms. The first-order valence-electron chi connectivity index (χ1n) is 6.30. The van der Waals surface area contributed by atoms with Crippen LogP contribution in [0.5, 0.6) is 0 Å². The molecule has 0 aliphatic heterocycles. The molecule has 7 heteroatoms. The number of rotatable bonds is 3. The lowest BCUT2D eigenvalue weighted by atomic mass is 9.90. The number of nitrogens with two attached hydrogens (primary N) is 1. The number of nitrogens with one attached hydrogen (secondary N) is 1. The molecule has 1 heterocycles. The highest BCUT2D eigenvalue weighted by Crippen LogP contribution is 2.28. The zero-order chi connectivity index (χ0) is 13.9. The monoisotopic (exact) mass is 283 g/mol. The lowest BCUT2D eigenvalue weighted by Gasteiger charge is -2.28. The Kier molecular flexibility index (Phi) is 4.04. The summed E-state index contributed by atoms with van der Waals surface area (Å²) < 4.78 is 0. The first-order valence-corrected chi connectivity index (χ1v) is 7.18. The Morgan fingerprint density at radius 1 is 1.32 bits per heavy atom. The Balaban J connectivity index is 2.16. The minimum absolute atomic E-state index is 0.187. The van der Waals surface area contributed by atoms with Crippen LogP contribution < -0.4 is 11.1 Å². The zero-order valence-corrected chi connectivity index (χ0v) is 11.3. The predicted molar refractivity (Wildman–Crippen MR) is 72.1 cm³/mol. The van der Waals surface area contributed by atoms with E-state index in [-0.39, 0.29) is 5.69 Å². The smallest absolute Gasteiger partial charge is 0.329 e. The summed E-state index contributed by atoms with van der Waals surface area (Å²) in [6.45, 7) is 0. The van der Waals surface area contributed by atoms with Gasteiger partial charge in [0.2, 0.25) is 0 Å². The summed E-state index contributed by atoms with van der Waals surface area (Å²) in [5, 5.41) is 13.9. The Morgan fingerprint density at radius 3 is 2.42 bits per heavy atom. The van der Waals surface area contributed by atoms with Gasteiger partial charge < -0.3 is 16.2 Å². The number of aromatic nitrogens is 1. The van der Waals surface area contributed by atoms with Gasteiger partial charge in [-0.3, -0.25) is 4.79 Å². The van der Waals surface area contributed by atoms with Gasteiger partial charge in [-0.1, -0.05) is 25.7 Å². The van der Waals surface area contributed by atoms with E-state index in [4.69, 9.17) is 5.73 Å². The second kappa shape index (κ2) is 5.56. The number of carboxylic acids is 1. The molecule has 1 aliphatic carbocycles. The summed E-state index contributed by atoms with van der Waals surface area (Å²) in [6.07, 6.45) is 4.57. The second-order valence-electron chi connectivity index (χ2n) is 4.83. The molecule has 0 saturated heterocycles. The van der Waals surface area contributed by atoms with Gasteiger partial charge in [0.05, 0.1) is 0 Å². The van der Waals surface area contributed by atoms with Crippen LogP contribution in [0.4, 0.5) is 5.13 Å². The van der Waals surface area contributed by atoms with E-state index in [0.717, 1.165) is 37.0 Å². The normalized spacial score (nSPS) is 18.5. The van der Waals surface area contributed by atoms with E-state index in [1.54, 1.807) is 0 Å². The van der Waals surface area contributed by atoms with Crippen molar-refractivity contribution in [3.63, 3.8) is 0 Å². The van der Waals surface area contributed by atoms with Crippen LogP contribution in [0.2, 0.25) is 0 Å². The van der Waals surface area contributed by atoms with Crippen LogP contribution in [-0.2, 0) is 4.79 Å². The van der Waals surface area contributed by atoms with Crippen molar-refractivity contribution < 1.29 is 14.7 Å². The van der Waals surface area contributed by atoms with Crippen molar-refractivity contribution >= 4 is 28.3 Å². The maximum atomic E-state index is 12.1. The molecule has 1 aromatic rings. The van der Waals surface area contributed by atoms with Crippen LogP contribution in [0.15, 0.2) is 5.38 Å². The van der Waals surface area contributed by atoms with E-state index < -0.39 is 17.4 Å². The van der Waals surface area contributed by atoms with Gasteiger partial charge in [-0.2, -0.15) is 0 Å². The second-order valence-corrected chi connectivity index (χ2v) is 5.72. The highest BCUT2D eigenvalue weighted by atomic mass is 32.1. The van der Waals surface area contributed by atoms with Crippen LogP contribution in [0.3, 0.4) is 0 Å². The van der Waals surface area contributed by atoms with Crippen LogP contribution >= 0.6 is 11.3 Å². The van der Waals surface area contributed by atoms with Crippen LogP contribution in [0.25, 0.3) is 0 Å². The number of hydrogen-bond donors (Lipinski definition) is 3. The topological polar surface area (TPSA) is 105 Å². The number of amides is 1. The maximum absolute atomic E-state index is 12.1. The highest BCUT2D eigenvalue weighted by Gasteiger charge is 2.40. The molecule has 4 N–H and O–H groups in total. The Morgan fingerprint density at radius 2 is 1.95 bits per heavy atom. The van der Waals surface area contributed by atoms with Gasteiger partial charge in [0.1, 0.15) is 11.2 Å². The zero-order valence-electron chi connectivity index (χ0n) is 10.5. The van der Waals surface area contributed by atoms with E-state index in [1.165, 1.54) is 5.38 Å². The van der Waals surface area contributed by atoms with Crippen LogP contribution in [0, 0.1) is 0 Å². The van der Waals surface area contributed by atoms with E-state index in [0.29, 0.717) is 18.0 Å². The van der Waals surface area contributed by atoms with Crippen molar-refractivity contribution in [2.75, 3.05) is 5.73 Å². The molecule has 1 aromatic heterocycles. The summed E-state index contributed by atoms with van der Waals surface area (Å²) in [7, 11) is 0. The van der Waals surface area contributed by atoms with Gasteiger partial charge in [-0.15, -0.1) is 11.3 Å². The third-order valence-electron chi connectivity index (χ3n) is 3.47. The van der Waals surface area contributed by atoms with Gasteiger partial charge in [0, 0.05) is 5.38 Å². The van der Waals surface area contributed by atoms with Gasteiger partial charge in [-0.25, -0.2) is 9.78 Å². The van der Waals surface area contributed by atoms with Crippen molar-refractivity contribution in [2.24, 2.45) is 0 Å². The molecule has 0 aromatic carbocycles. The summed E-state index contributed by atoms with van der Waals surface area (Å²) in [4.78, 5) is 27.5. The van der Waals surface area contributed by atoms with Crippen LogP contribution in [-0.4, -0.2) is 27.5 Å². The first kappa shape index (κ1) is 13.8. The molecule has 19 heavy (non-hydrogen) atoms. The lowest BCUT2D eigenvalue weighted by Crippen LogP contribution is -2.54. The molecule has 0 atom stereocenters. The number of carbonyl (C=O) groups is 2. The summed E-state index contributed by atoms with van der Waals surface area (Å²) in [6, 6.07) is 0. The minimum atomic E-state index is -1.16. The van der Waals surface area contributed by atoms with Crippen molar-refractivity contribution in [3.05, 3.63) is 11.1 Å². The number of carbonyl (C=O) groups excluding carboxylic acids is 1. The molecule has 1 amide bonds. The van der Waals surface area contributed by atoms with E-state index >= 15 is 0 Å². The molecule has 0 radical (unpaired) electrons. The minimum Gasteiger partial charge on any atom is -0.480 e. The lowest BCUT2D eigenvalue weighted by molar-refractivity contribution is -0.145. The average molecular weight is 283 g/mol. The van der Waals surface area contributed by atoms with E-state index in [1.807, 2.05) is 0 Å². The fourth-order valence-corrected chi connectivity index (χ4v) is 2.94. The van der Waals surface area contributed by atoms with Crippen molar-refractivity contribution in [1.82, 2.24) is 10.3 Å². The van der Waals surface area contributed by atoms with E-state index in [9.17, 15) is 14.7 Å². The standard InChI is InChI=1S/C12H17N3O3S/c13-11-14-8(7-19-11)9(16)15-12(10(17)18)5-3-1-2-4-6-12/h7H,1-6H2,(H2,13,14)(H,15,16)(H,17,18). The number of nitrogens with zero attached hydrogens (tertiary/aromatic N) is 1. The number of aliphatic carboxylic acids is 1. The Hall–Kier alpha value is -1.63. The maximum Gasteiger partial charge on any atom is 0.329 e. The molecule has 0 spiro atoms. The van der Waals surface area contributed by atoms with Crippen molar-refractivity contribution in [3.8, 4) is 0 Å².